The fraction of sp³-hybridized carbons (Fsp3) is 0.878. The maximum absolute atomic E-state index is 12.7. The van der Waals surface area contributed by atoms with Gasteiger partial charge in [0.15, 0.2) is 6.10 Å². The minimum Gasteiger partial charge on any atom is -0.462 e. The van der Waals surface area contributed by atoms with Gasteiger partial charge in [0.25, 0.3) is 0 Å². The summed E-state index contributed by atoms with van der Waals surface area (Å²) in [4.78, 5) is 25.2. The average Bonchev–Trinajstić information content (AvgIpc) is 3.17. The number of esters is 2. The fourth-order valence-electron chi connectivity index (χ4n) is 6.85. The molecular weight excluding hydrogens is 669 g/mol. The van der Waals surface area contributed by atoms with E-state index in [1.54, 1.807) is 0 Å². The Morgan fingerprint density at radius 1 is 0.389 bits per heavy atom. The Balaban J connectivity index is 4.23. The molecule has 1 unspecified atom stereocenters. The van der Waals surface area contributed by atoms with E-state index in [1.165, 1.54) is 161 Å². The van der Waals surface area contributed by atoms with Crippen LogP contribution in [0.15, 0.2) is 24.3 Å². The Hall–Kier alpha value is -1.62. The van der Waals surface area contributed by atoms with Crippen molar-refractivity contribution in [2.24, 2.45) is 0 Å². The molecule has 54 heavy (non-hydrogen) atoms. The highest BCUT2D eigenvalue weighted by molar-refractivity contribution is 5.70. The zero-order valence-corrected chi connectivity index (χ0v) is 36.5. The average molecular weight is 761 g/mol. The van der Waals surface area contributed by atoms with E-state index in [9.17, 15) is 9.59 Å². The normalized spacial score (nSPS) is 12.3. The van der Waals surface area contributed by atoms with E-state index in [-0.39, 0.29) is 25.2 Å². The summed E-state index contributed by atoms with van der Waals surface area (Å²) in [6, 6.07) is 0. The fourth-order valence-corrected chi connectivity index (χ4v) is 6.85. The molecule has 0 aliphatic heterocycles. The van der Waals surface area contributed by atoms with Gasteiger partial charge < -0.3 is 14.2 Å². The summed E-state index contributed by atoms with van der Waals surface area (Å²) in [7, 11) is 0. The van der Waals surface area contributed by atoms with E-state index in [0.717, 1.165) is 57.8 Å². The molecule has 0 aromatic heterocycles. The largest absolute Gasteiger partial charge is 0.462 e. The highest BCUT2D eigenvalue weighted by Gasteiger charge is 2.17. The first kappa shape index (κ1) is 52.4. The monoisotopic (exact) mass is 761 g/mol. The maximum Gasteiger partial charge on any atom is 0.306 e. The van der Waals surface area contributed by atoms with Crippen molar-refractivity contribution in [2.75, 3.05) is 19.8 Å². The quantitative estimate of drug-likeness (QED) is 0.0352. The van der Waals surface area contributed by atoms with Crippen LogP contribution in [0.25, 0.3) is 0 Å². The van der Waals surface area contributed by atoms with Gasteiger partial charge in [-0.2, -0.15) is 0 Å². The van der Waals surface area contributed by atoms with Crippen molar-refractivity contribution in [3.63, 3.8) is 0 Å². The molecule has 5 heteroatoms. The Bertz CT molecular complexity index is 821. The van der Waals surface area contributed by atoms with E-state index < -0.39 is 6.10 Å². The minimum atomic E-state index is -0.535. The van der Waals surface area contributed by atoms with Gasteiger partial charge in [-0.25, -0.2) is 0 Å². The molecule has 0 N–H and O–H groups in total. The second kappa shape index (κ2) is 45.8. The van der Waals surface area contributed by atoms with Crippen LogP contribution in [0.3, 0.4) is 0 Å². The molecule has 318 valence electrons. The molecule has 0 rings (SSSR count). The molecular formula is C49H92O5. The molecule has 0 aromatic rings. The summed E-state index contributed by atoms with van der Waals surface area (Å²) in [5, 5.41) is 0. The smallest absolute Gasteiger partial charge is 0.306 e. The molecule has 0 amide bonds. The van der Waals surface area contributed by atoms with Crippen LogP contribution in [0.5, 0.6) is 0 Å². The van der Waals surface area contributed by atoms with Gasteiger partial charge in [0.2, 0.25) is 0 Å². The van der Waals surface area contributed by atoms with Gasteiger partial charge in [-0.3, -0.25) is 9.59 Å². The third-order valence-electron chi connectivity index (χ3n) is 10.5. The molecule has 5 nitrogen and oxygen atoms in total. The van der Waals surface area contributed by atoms with Crippen LogP contribution in [0.1, 0.15) is 252 Å². The number of unbranched alkanes of at least 4 members (excludes halogenated alkanes) is 29. The molecule has 0 spiro atoms. The highest BCUT2D eigenvalue weighted by atomic mass is 16.6. The van der Waals surface area contributed by atoms with Crippen molar-refractivity contribution in [1.29, 1.82) is 0 Å². The first-order valence-corrected chi connectivity index (χ1v) is 23.9. The zero-order chi connectivity index (χ0) is 39.3. The number of rotatable bonds is 44. The summed E-state index contributed by atoms with van der Waals surface area (Å²) in [5.74, 6) is -0.406. The van der Waals surface area contributed by atoms with Crippen molar-refractivity contribution >= 4 is 11.9 Å². The molecule has 0 bridgehead atoms. The van der Waals surface area contributed by atoms with Gasteiger partial charge in [-0.1, -0.05) is 193 Å². The van der Waals surface area contributed by atoms with Crippen LogP contribution >= 0.6 is 0 Å². The van der Waals surface area contributed by atoms with Gasteiger partial charge in [-0.05, 0) is 70.6 Å². The lowest BCUT2D eigenvalue weighted by molar-refractivity contribution is -0.163. The summed E-state index contributed by atoms with van der Waals surface area (Å²) in [6.45, 7) is 7.82. The standard InChI is InChI=1S/C49H92O5/c1-4-7-10-13-16-19-22-24-25-27-28-30-33-36-39-42-48(50)53-46-47(45-52-44-41-38-35-32-21-18-15-12-9-6-3)54-49(51)43-40-37-34-31-29-26-23-20-17-14-11-8-5-2/h20,23-25,47H,4-19,21-22,26-46H2,1-3H3/b23-20-,25-24-. The second-order valence-corrected chi connectivity index (χ2v) is 16.0. The van der Waals surface area contributed by atoms with Crippen LogP contribution in [0.4, 0.5) is 0 Å². The summed E-state index contributed by atoms with van der Waals surface area (Å²) >= 11 is 0. The number of ether oxygens (including phenoxy) is 3. The van der Waals surface area contributed by atoms with Gasteiger partial charge in [0.1, 0.15) is 6.61 Å². The van der Waals surface area contributed by atoms with E-state index in [2.05, 4.69) is 45.1 Å². The lowest BCUT2D eigenvalue weighted by Crippen LogP contribution is -2.30. The lowest BCUT2D eigenvalue weighted by atomic mass is 10.1. The lowest BCUT2D eigenvalue weighted by Gasteiger charge is -2.18. The molecule has 0 fully saturated rings. The number of allylic oxidation sites excluding steroid dienone is 4. The van der Waals surface area contributed by atoms with Crippen molar-refractivity contribution < 1.29 is 23.8 Å². The Morgan fingerprint density at radius 3 is 1.15 bits per heavy atom. The zero-order valence-electron chi connectivity index (χ0n) is 36.5. The molecule has 0 saturated carbocycles. The van der Waals surface area contributed by atoms with Crippen LogP contribution in [-0.4, -0.2) is 37.9 Å². The maximum atomic E-state index is 12.7. The molecule has 1 atom stereocenters. The van der Waals surface area contributed by atoms with Crippen LogP contribution in [0, 0.1) is 0 Å². The summed E-state index contributed by atoms with van der Waals surface area (Å²) in [6.07, 6.45) is 51.7. The van der Waals surface area contributed by atoms with E-state index >= 15 is 0 Å². The second-order valence-electron chi connectivity index (χ2n) is 16.0. The summed E-state index contributed by atoms with van der Waals surface area (Å²) < 4.78 is 17.3. The van der Waals surface area contributed by atoms with Gasteiger partial charge >= 0.3 is 11.9 Å². The Labute approximate surface area is 337 Å². The van der Waals surface area contributed by atoms with Gasteiger partial charge in [0, 0.05) is 19.4 Å². The number of hydrogen-bond acceptors (Lipinski definition) is 5. The molecule has 0 aliphatic carbocycles. The molecule has 0 saturated heterocycles. The predicted octanol–water partition coefficient (Wildman–Crippen LogP) is 15.7. The third-order valence-corrected chi connectivity index (χ3v) is 10.5. The van der Waals surface area contributed by atoms with Gasteiger partial charge in [-0.15, -0.1) is 0 Å². The van der Waals surface area contributed by atoms with Crippen molar-refractivity contribution in [1.82, 2.24) is 0 Å². The van der Waals surface area contributed by atoms with Crippen LogP contribution in [0.2, 0.25) is 0 Å². The van der Waals surface area contributed by atoms with Crippen molar-refractivity contribution in [3.05, 3.63) is 24.3 Å². The number of hydrogen-bond donors (Lipinski definition) is 0. The molecule has 0 radical (unpaired) electrons. The molecule has 0 aromatic carbocycles. The highest BCUT2D eigenvalue weighted by Crippen LogP contribution is 2.14. The first-order chi connectivity index (χ1) is 26.6. The molecule has 0 aliphatic rings. The van der Waals surface area contributed by atoms with E-state index in [1.807, 2.05) is 0 Å². The van der Waals surface area contributed by atoms with E-state index in [0.29, 0.717) is 19.4 Å². The number of carbonyl (C=O) groups is 2. The first-order valence-electron chi connectivity index (χ1n) is 23.9. The van der Waals surface area contributed by atoms with Crippen molar-refractivity contribution in [3.8, 4) is 0 Å². The van der Waals surface area contributed by atoms with Crippen molar-refractivity contribution in [2.45, 2.75) is 258 Å². The summed E-state index contributed by atoms with van der Waals surface area (Å²) in [5.41, 5.74) is 0. The Kier molecular flexibility index (Phi) is 44.4. The van der Waals surface area contributed by atoms with Crippen LogP contribution < -0.4 is 0 Å². The number of carbonyl (C=O) groups excluding carboxylic acids is 2. The minimum absolute atomic E-state index is 0.0831. The predicted molar refractivity (Wildman–Crippen MR) is 233 cm³/mol. The Morgan fingerprint density at radius 2 is 0.722 bits per heavy atom. The third kappa shape index (κ3) is 43.1. The SMILES string of the molecule is CCCCCC/C=C\CCCCCCCC(=O)OC(COCCCCCCCCCCCC)COC(=O)CCCCCCC/C=C\CCCCCCCC. The van der Waals surface area contributed by atoms with Gasteiger partial charge in [0.05, 0.1) is 6.61 Å². The van der Waals surface area contributed by atoms with Crippen LogP contribution in [-0.2, 0) is 23.8 Å². The topological polar surface area (TPSA) is 61.8 Å². The van der Waals surface area contributed by atoms with E-state index in [4.69, 9.17) is 14.2 Å². The molecule has 0 heterocycles.